The van der Waals surface area contributed by atoms with Gasteiger partial charge >= 0.3 is 5.97 Å². The van der Waals surface area contributed by atoms with E-state index in [0.717, 1.165) is 12.1 Å². The van der Waals surface area contributed by atoms with E-state index in [0.29, 0.717) is 12.5 Å². The largest absolute Gasteiger partial charge is 0.480 e. The summed E-state index contributed by atoms with van der Waals surface area (Å²) in [7, 11) is 0. The summed E-state index contributed by atoms with van der Waals surface area (Å²) >= 11 is 0. The van der Waals surface area contributed by atoms with Gasteiger partial charge in [-0.15, -0.1) is 0 Å². The molecule has 1 aromatic carbocycles. The molecular weight excluding hydrogens is 244 g/mol. The lowest BCUT2D eigenvalue weighted by Gasteiger charge is -2.13. The number of benzene rings is 1. The highest BCUT2D eigenvalue weighted by atomic mass is 19.1. The summed E-state index contributed by atoms with van der Waals surface area (Å²) < 4.78 is 25.9. The molecule has 2 N–H and O–H groups in total. The lowest BCUT2D eigenvalue weighted by Crippen LogP contribution is -2.40. The second-order valence-electron chi connectivity index (χ2n) is 3.78. The van der Waals surface area contributed by atoms with E-state index in [1.165, 1.54) is 0 Å². The van der Waals surface area contributed by atoms with Crippen molar-refractivity contribution in [1.29, 1.82) is 0 Å². The van der Waals surface area contributed by atoms with E-state index in [1.54, 1.807) is 6.92 Å². The number of hydrogen-bond donors (Lipinski definition) is 2. The van der Waals surface area contributed by atoms with Crippen molar-refractivity contribution in [3.05, 3.63) is 35.4 Å². The fourth-order valence-electron chi connectivity index (χ4n) is 1.46. The van der Waals surface area contributed by atoms with Crippen LogP contribution in [0.1, 0.15) is 30.1 Å². The second kappa shape index (κ2) is 6.09. The summed E-state index contributed by atoms with van der Waals surface area (Å²) in [6, 6.07) is 1.41. The van der Waals surface area contributed by atoms with Crippen LogP contribution in [0.25, 0.3) is 0 Å². The standard InChI is InChI=1S/C12H13F2NO3/c1-2-3-10(12(17)18)15-11(16)8-5-4-7(13)6-9(8)14/h4-6,10H,2-3H2,1H3,(H,15,16)(H,17,18)/t10-/m1/s1. The molecule has 98 valence electrons. The van der Waals surface area contributed by atoms with Crippen LogP contribution in [0.15, 0.2) is 18.2 Å². The fraction of sp³-hybridized carbons (Fsp3) is 0.333. The molecule has 0 radical (unpaired) electrons. The molecule has 0 spiro atoms. The summed E-state index contributed by atoms with van der Waals surface area (Å²) in [5.74, 6) is -3.87. The summed E-state index contributed by atoms with van der Waals surface area (Å²) in [6.07, 6.45) is 0.799. The Morgan fingerprint density at radius 1 is 1.39 bits per heavy atom. The molecule has 0 fully saturated rings. The third-order valence-corrected chi connectivity index (χ3v) is 2.36. The Morgan fingerprint density at radius 3 is 2.56 bits per heavy atom. The molecule has 4 nitrogen and oxygen atoms in total. The van der Waals surface area contributed by atoms with E-state index in [1.807, 2.05) is 0 Å². The van der Waals surface area contributed by atoms with E-state index in [4.69, 9.17) is 5.11 Å². The van der Waals surface area contributed by atoms with Gasteiger partial charge in [-0.3, -0.25) is 4.79 Å². The SMILES string of the molecule is CCC[C@@H](NC(=O)c1ccc(F)cc1F)C(=O)O. The summed E-state index contributed by atoms with van der Waals surface area (Å²) in [4.78, 5) is 22.5. The maximum Gasteiger partial charge on any atom is 0.326 e. The van der Waals surface area contributed by atoms with Crippen LogP contribution in [-0.2, 0) is 4.79 Å². The average molecular weight is 257 g/mol. The van der Waals surface area contributed by atoms with E-state index < -0.39 is 29.6 Å². The van der Waals surface area contributed by atoms with Crippen LogP contribution in [-0.4, -0.2) is 23.0 Å². The van der Waals surface area contributed by atoms with Crippen molar-refractivity contribution in [1.82, 2.24) is 5.32 Å². The Bertz CT molecular complexity index is 463. The van der Waals surface area contributed by atoms with Crippen LogP contribution in [0.4, 0.5) is 8.78 Å². The molecular formula is C12H13F2NO3. The number of nitrogens with one attached hydrogen (secondary N) is 1. The van der Waals surface area contributed by atoms with Gasteiger partial charge < -0.3 is 10.4 Å². The Kier molecular flexibility index (Phi) is 4.76. The number of rotatable bonds is 5. The highest BCUT2D eigenvalue weighted by molar-refractivity contribution is 5.96. The summed E-state index contributed by atoms with van der Waals surface area (Å²) in [6.45, 7) is 1.76. The minimum absolute atomic E-state index is 0.240. The molecule has 0 bridgehead atoms. The number of carboxylic acids is 1. The molecule has 0 unspecified atom stereocenters. The number of aliphatic carboxylic acids is 1. The van der Waals surface area contributed by atoms with Gasteiger partial charge in [-0.25, -0.2) is 13.6 Å². The number of amides is 1. The molecule has 1 aromatic rings. The van der Waals surface area contributed by atoms with E-state index in [9.17, 15) is 18.4 Å². The summed E-state index contributed by atoms with van der Waals surface area (Å²) in [5.41, 5.74) is -0.376. The van der Waals surface area contributed by atoms with Gasteiger partial charge in [0, 0.05) is 6.07 Å². The van der Waals surface area contributed by atoms with Crippen molar-refractivity contribution in [2.45, 2.75) is 25.8 Å². The molecule has 18 heavy (non-hydrogen) atoms. The smallest absolute Gasteiger partial charge is 0.326 e. The molecule has 0 saturated heterocycles. The monoisotopic (exact) mass is 257 g/mol. The number of hydrogen-bond acceptors (Lipinski definition) is 2. The maximum absolute atomic E-state index is 13.3. The van der Waals surface area contributed by atoms with Crippen LogP contribution in [0.3, 0.4) is 0 Å². The summed E-state index contributed by atoms with van der Waals surface area (Å²) in [5, 5.41) is 11.0. The highest BCUT2D eigenvalue weighted by Crippen LogP contribution is 2.10. The molecule has 0 aliphatic carbocycles. The first-order chi connectivity index (χ1) is 8.45. The lowest BCUT2D eigenvalue weighted by molar-refractivity contribution is -0.139. The molecule has 0 saturated carbocycles. The number of carboxylic acid groups (broad SMARTS) is 1. The Hall–Kier alpha value is -1.98. The van der Waals surface area contributed by atoms with Crippen LogP contribution < -0.4 is 5.32 Å². The zero-order valence-electron chi connectivity index (χ0n) is 9.74. The van der Waals surface area contributed by atoms with Crippen LogP contribution >= 0.6 is 0 Å². The van der Waals surface area contributed by atoms with E-state index >= 15 is 0 Å². The predicted octanol–water partition coefficient (Wildman–Crippen LogP) is 1.95. The van der Waals surface area contributed by atoms with Crippen molar-refractivity contribution >= 4 is 11.9 Å². The number of halogens is 2. The van der Waals surface area contributed by atoms with Gasteiger partial charge in [0.15, 0.2) is 0 Å². The zero-order valence-corrected chi connectivity index (χ0v) is 9.74. The molecule has 0 heterocycles. The quantitative estimate of drug-likeness (QED) is 0.847. The molecule has 1 rings (SSSR count). The van der Waals surface area contributed by atoms with Crippen molar-refractivity contribution < 1.29 is 23.5 Å². The van der Waals surface area contributed by atoms with Crippen molar-refractivity contribution in [3.8, 4) is 0 Å². The van der Waals surface area contributed by atoms with Gasteiger partial charge in [0.25, 0.3) is 5.91 Å². The van der Waals surface area contributed by atoms with Crippen LogP contribution in [0, 0.1) is 11.6 Å². The second-order valence-corrected chi connectivity index (χ2v) is 3.78. The van der Waals surface area contributed by atoms with Crippen LogP contribution in [0.5, 0.6) is 0 Å². The highest BCUT2D eigenvalue weighted by Gasteiger charge is 2.21. The zero-order chi connectivity index (χ0) is 13.7. The van der Waals surface area contributed by atoms with E-state index in [2.05, 4.69) is 5.32 Å². The van der Waals surface area contributed by atoms with Gasteiger partial charge in [0.2, 0.25) is 0 Å². The lowest BCUT2D eigenvalue weighted by atomic mass is 10.1. The Balaban J connectivity index is 2.83. The first-order valence-corrected chi connectivity index (χ1v) is 5.44. The molecule has 1 atom stereocenters. The van der Waals surface area contributed by atoms with Gasteiger partial charge in [0.05, 0.1) is 5.56 Å². The molecule has 6 heteroatoms. The molecule has 1 amide bonds. The van der Waals surface area contributed by atoms with Crippen molar-refractivity contribution in [2.75, 3.05) is 0 Å². The normalized spacial score (nSPS) is 11.9. The van der Waals surface area contributed by atoms with E-state index in [-0.39, 0.29) is 12.0 Å². The van der Waals surface area contributed by atoms with Crippen LogP contribution in [0.2, 0.25) is 0 Å². The number of carbonyl (C=O) groups excluding carboxylic acids is 1. The first kappa shape index (κ1) is 14.1. The average Bonchev–Trinajstić information content (AvgIpc) is 2.27. The first-order valence-electron chi connectivity index (χ1n) is 5.44. The number of carbonyl (C=O) groups is 2. The topological polar surface area (TPSA) is 66.4 Å². The molecule has 0 aliphatic rings. The van der Waals surface area contributed by atoms with Gasteiger partial charge in [-0.1, -0.05) is 13.3 Å². The van der Waals surface area contributed by atoms with Crippen molar-refractivity contribution in [3.63, 3.8) is 0 Å². The minimum atomic E-state index is -1.19. The van der Waals surface area contributed by atoms with Gasteiger partial charge in [-0.05, 0) is 18.6 Å². The van der Waals surface area contributed by atoms with Crippen molar-refractivity contribution in [2.24, 2.45) is 0 Å². The minimum Gasteiger partial charge on any atom is -0.480 e. The van der Waals surface area contributed by atoms with Gasteiger partial charge in [-0.2, -0.15) is 0 Å². The Labute approximate surface area is 103 Å². The fourth-order valence-corrected chi connectivity index (χ4v) is 1.46. The Morgan fingerprint density at radius 2 is 2.06 bits per heavy atom. The molecule has 0 aliphatic heterocycles. The third-order valence-electron chi connectivity index (χ3n) is 2.36. The maximum atomic E-state index is 13.3. The molecule has 0 aromatic heterocycles. The van der Waals surface area contributed by atoms with Gasteiger partial charge in [0.1, 0.15) is 17.7 Å². The third kappa shape index (κ3) is 3.51. The predicted molar refractivity (Wildman–Crippen MR) is 60.2 cm³/mol.